The Hall–Kier alpha value is 0.440. The van der Waals surface area contributed by atoms with Gasteiger partial charge in [-0.2, -0.15) is 0 Å². The average molecular weight is 162 g/mol. The number of unbranched alkanes of at least 4 members (excludes halogenated alkanes) is 3. The zero-order valence-electron chi connectivity index (χ0n) is 5.89. The van der Waals surface area contributed by atoms with E-state index in [2.05, 4.69) is 19.6 Å². The normalized spacial score (nSPS) is 9.56. The topological polar surface area (TPSA) is 0 Å². The van der Waals surface area contributed by atoms with Crippen LogP contribution < -0.4 is 0 Å². The van der Waals surface area contributed by atoms with Crippen molar-refractivity contribution >= 4 is 29.0 Å². The predicted octanol–water partition coefficient (Wildman–Crippen LogP) is 3.21. The molecule has 0 amide bonds. The summed E-state index contributed by atoms with van der Waals surface area (Å²) in [6.45, 7) is 2.21. The van der Waals surface area contributed by atoms with Crippen molar-refractivity contribution in [3.8, 4) is 0 Å². The summed E-state index contributed by atoms with van der Waals surface area (Å²) in [6.07, 6.45) is 6.15. The van der Waals surface area contributed by atoms with Crippen molar-refractivity contribution < 1.29 is 0 Å². The van der Waals surface area contributed by atoms with Gasteiger partial charge in [-0.05, 0) is 12.8 Å². The number of rotatable bonds is 5. The van der Waals surface area contributed by atoms with Gasteiger partial charge in [0.05, 0.1) is 0 Å². The molecule has 0 aliphatic heterocycles. The molecule has 0 aromatic heterocycles. The van der Waals surface area contributed by atoms with Crippen molar-refractivity contribution in [2.24, 2.45) is 0 Å². The van der Waals surface area contributed by atoms with Gasteiger partial charge in [0.15, 0.2) is 0 Å². The van der Waals surface area contributed by atoms with Crippen molar-refractivity contribution in [1.29, 1.82) is 0 Å². The van der Waals surface area contributed by atoms with Crippen molar-refractivity contribution in [3.05, 3.63) is 0 Å². The first-order chi connectivity index (χ1) is 4.27. The summed E-state index contributed by atoms with van der Waals surface area (Å²) < 4.78 is 0.853. The van der Waals surface area contributed by atoms with Gasteiger partial charge in [-0.25, -0.2) is 0 Å². The Morgan fingerprint density at radius 1 is 1.33 bits per heavy atom. The Morgan fingerprint density at radius 3 is 2.44 bits per heavy atom. The third kappa shape index (κ3) is 8.44. The fourth-order valence-corrected chi connectivity index (χ4v) is 1.01. The molecular formula is C7H14S2. The molecule has 0 spiro atoms. The molecule has 0 radical (unpaired) electrons. The predicted molar refractivity (Wildman–Crippen MR) is 50.3 cm³/mol. The van der Waals surface area contributed by atoms with Gasteiger partial charge in [0.2, 0.25) is 0 Å². The molecular weight excluding hydrogens is 148 g/mol. The molecule has 0 aliphatic rings. The van der Waals surface area contributed by atoms with Gasteiger partial charge in [0, 0.05) is 4.20 Å². The van der Waals surface area contributed by atoms with Crippen LogP contribution in [-0.2, 0) is 0 Å². The highest BCUT2D eigenvalue weighted by Gasteiger charge is 1.88. The van der Waals surface area contributed by atoms with E-state index in [0.717, 1.165) is 10.6 Å². The second-order valence-electron chi connectivity index (χ2n) is 2.20. The van der Waals surface area contributed by atoms with Gasteiger partial charge < -0.3 is 0 Å². The van der Waals surface area contributed by atoms with Gasteiger partial charge in [0.1, 0.15) is 0 Å². The summed E-state index contributed by atoms with van der Waals surface area (Å²) in [7, 11) is 0. The Kier molecular flexibility index (Phi) is 6.88. The first-order valence-electron chi connectivity index (χ1n) is 3.49. The number of thiocarbonyl (C=S) groups is 1. The summed E-state index contributed by atoms with van der Waals surface area (Å²) in [4.78, 5) is 0. The number of thiol groups is 1. The molecule has 0 saturated carbocycles. The van der Waals surface area contributed by atoms with Gasteiger partial charge in [-0.15, -0.1) is 12.6 Å². The smallest absolute Gasteiger partial charge is 0.0448 e. The molecule has 0 bridgehead atoms. The maximum atomic E-state index is 4.81. The molecule has 0 aliphatic carbocycles. The SMILES string of the molecule is CCCCCCC(=S)S. The van der Waals surface area contributed by atoms with Gasteiger partial charge >= 0.3 is 0 Å². The Bertz CT molecular complexity index is 79.0. The molecule has 0 nitrogen and oxygen atoms in total. The van der Waals surface area contributed by atoms with E-state index in [-0.39, 0.29) is 0 Å². The molecule has 0 aromatic carbocycles. The van der Waals surface area contributed by atoms with E-state index < -0.39 is 0 Å². The third-order valence-electron chi connectivity index (χ3n) is 1.24. The maximum Gasteiger partial charge on any atom is 0.0448 e. The van der Waals surface area contributed by atoms with Gasteiger partial charge in [0.25, 0.3) is 0 Å². The van der Waals surface area contributed by atoms with E-state index in [4.69, 9.17) is 12.2 Å². The minimum absolute atomic E-state index is 0.853. The number of hydrogen-bond donors (Lipinski definition) is 1. The molecule has 0 N–H and O–H groups in total. The number of hydrogen-bond acceptors (Lipinski definition) is 1. The van der Waals surface area contributed by atoms with Crippen LogP contribution >= 0.6 is 24.8 Å². The summed E-state index contributed by atoms with van der Waals surface area (Å²) in [5.74, 6) is 0. The first kappa shape index (κ1) is 9.44. The summed E-state index contributed by atoms with van der Waals surface area (Å²) in [5.41, 5.74) is 0. The lowest BCUT2D eigenvalue weighted by Crippen LogP contribution is -1.82. The van der Waals surface area contributed by atoms with Crippen molar-refractivity contribution in [1.82, 2.24) is 0 Å². The van der Waals surface area contributed by atoms with E-state index in [1.807, 2.05) is 0 Å². The second-order valence-corrected chi connectivity index (χ2v) is 3.54. The van der Waals surface area contributed by atoms with E-state index in [1.165, 1.54) is 25.7 Å². The molecule has 0 fully saturated rings. The van der Waals surface area contributed by atoms with E-state index in [0.29, 0.717) is 0 Å². The Balaban J connectivity index is 2.83. The van der Waals surface area contributed by atoms with Crippen LogP contribution in [-0.4, -0.2) is 4.20 Å². The van der Waals surface area contributed by atoms with E-state index in [9.17, 15) is 0 Å². The monoisotopic (exact) mass is 162 g/mol. The minimum Gasteiger partial charge on any atom is -0.136 e. The van der Waals surface area contributed by atoms with Crippen LogP contribution in [0.3, 0.4) is 0 Å². The Morgan fingerprint density at radius 2 is 2.00 bits per heavy atom. The molecule has 0 saturated heterocycles. The zero-order chi connectivity index (χ0) is 7.11. The fraction of sp³-hybridized carbons (Fsp3) is 0.857. The van der Waals surface area contributed by atoms with Gasteiger partial charge in [-0.1, -0.05) is 38.4 Å². The second kappa shape index (κ2) is 6.56. The van der Waals surface area contributed by atoms with Crippen LogP contribution in [0, 0.1) is 0 Å². The van der Waals surface area contributed by atoms with Crippen molar-refractivity contribution in [2.45, 2.75) is 39.0 Å². The highest BCUT2D eigenvalue weighted by Crippen LogP contribution is 2.04. The Labute approximate surface area is 68.4 Å². The standard InChI is InChI=1S/C7H14S2/c1-2-3-4-5-6-7(8)9/h2-6H2,1H3,(H,8,9). The van der Waals surface area contributed by atoms with Crippen LogP contribution in [0.15, 0.2) is 0 Å². The molecule has 9 heavy (non-hydrogen) atoms. The lowest BCUT2D eigenvalue weighted by molar-refractivity contribution is 0.686. The molecule has 0 rings (SSSR count). The summed E-state index contributed by atoms with van der Waals surface area (Å²) >= 11 is 8.84. The molecule has 0 atom stereocenters. The van der Waals surface area contributed by atoms with Crippen molar-refractivity contribution in [2.75, 3.05) is 0 Å². The van der Waals surface area contributed by atoms with E-state index in [1.54, 1.807) is 0 Å². The molecule has 2 heteroatoms. The average Bonchev–Trinajstić information content (AvgIpc) is 1.80. The van der Waals surface area contributed by atoms with Crippen molar-refractivity contribution in [3.63, 3.8) is 0 Å². The summed E-state index contributed by atoms with van der Waals surface area (Å²) in [5, 5.41) is 0. The highest BCUT2D eigenvalue weighted by atomic mass is 32.1. The van der Waals surface area contributed by atoms with Gasteiger partial charge in [-0.3, -0.25) is 0 Å². The maximum absolute atomic E-state index is 4.81. The summed E-state index contributed by atoms with van der Waals surface area (Å²) in [6, 6.07) is 0. The van der Waals surface area contributed by atoms with E-state index >= 15 is 0 Å². The van der Waals surface area contributed by atoms with Crippen LogP contribution in [0.1, 0.15) is 39.0 Å². The molecule has 0 heterocycles. The van der Waals surface area contributed by atoms with Crippen LogP contribution in [0.5, 0.6) is 0 Å². The quantitative estimate of drug-likeness (QED) is 0.368. The molecule has 0 unspecified atom stereocenters. The lowest BCUT2D eigenvalue weighted by atomic mass is 10.2. The minimum atomic E-state index is 0.853. The van der Waals surface area contributed by atoms with Crippen LogP contribution in [0.25, 0.3) is 0 Å². The lowest BCUT2D eigenvalue weighted by Gasteiger charge is -1.95. The first-order valence-corrected chi connectivity index (χ1v) is 4.34. The fourth-order valence-electron chi connectivity index (χ4n) is 0.703. The van der Waals surface area contributed by atoms with Crippen LogP contribution in [0.2, 0.25) is 0 Å². The zero-order valence-corrected chi connectivity index (χ0v) is 7.60. The largest absolute Gasteiger partial charge is 0.136 e. The highest BCUT2D eigenvalue weighted by molar-refractivity contribution is 8.11. The molecule has 0 aromatic rings. The van der Waals surface area contributed by atoms with Crippen LogP contribution in [0.4, 0.5) is 0 Å². The third-order valence-corrected chi connectivity index (χ3v) is 1.67. The molecule has 54 valence electrons.